The van der Waals surface area contributed by atoms with Gasteiger partial charge in [0.1, 0.15) is 18.2 Å². The van der Waals surface area contributed by atoms with Crippen LogP contribution in [0.5, 0.6) is 5.75 Å². The van der Waals surface area contributed by atoms with Crippen LogP contribution >= 0.6 is 11.6 Å². The van der Waals surface area contributed by atoms with Gasteiger partial charge < -0.3 is 20.1 Å². The zero-order valence-electron chi connectivity index (χ0n) is 17.1. The number of halogens is 2. The summed E-state index contributed by atoms with van der Waals surface area (Å²) in [4.78, 5) is 24.4. The number of methoxy groups -OCH3 is 1. The van der Waals surface area contributed by atoms with Gasteiger partial charge in [0.05, 0.1) is 23.7 Å². The van der Waals surface area contributed by atoms with Crippen LogP contribution in [0, 0.1) is 19.7 Å². The van der Waals surface area contributed by atoms with Gasteiger partial charge in [-0.2, -0.15) is 0 Å². The molecule has 2 aromatic carbocycles. The minimum absolute atomic E-state index is 0.178. The van der Waals surface area contributed by atoms with Crippen LogP contribution in [-0.4, -0.2) is 19.1 Å². The minimum atomic E-state index is -0.667. The van der Waals surface area contributed by atoms with E-state index in [0.29, 0.717) is 17.0 Å². The fourth-order valence-electron chi connectivity index (χ4n) is 3.44. The highest BCUT2D eigenvalue weighted by molar-refractivity contribution is 6.32. The summed E-state index contributed by atoms with van der Waals surface area (Å²) in [5.41, 5.74) is 4.22. The first-order chi connectivity index (χ1) is 14.2. The molecule has 1 atom stereocenters. The van der Waals surface area contributed by atoms with Gasteiger partial charge in [-0.25, -0.2) is 14.0 Å². The number of rotatable bonds is 5. The molecule has 2 N–H and O–H groups in total. The molecule has 0 radical (unpaired) electrons. The number of amides is 2. The third kappa shape index (κ3) is 4.41. The van der Waals surface area contributed by atoms with E-state index >= 15 is 0 Å². The highest BCUT2D eigenvalue weighted by atomic mass is 35.5. The van der Waals surface area contributed by atoms with Crippen LogP contribution in [0.25, 0.3) is 0 Å². The summed E-state index contributed by atoms with van der Waals surface area (Å²) in [6.45, 7) is 5.68. The maximum Gasteiger partial charge on any atom is 0.337 e. The summed E-state index contributed by atoms with van der Waals surface area (Å²) in [5, 5.41) is 5.58. The molecule has 0 aliphatic carbocycles. The minimum Gasteiger partial charge on any atom is -0.487 e. The Labute approximate surface area is 179 Å². The van der Waals surface area contributed by atoms with Crippen LogP contribution in [0.2, 0.25) is 5.02 Å². The van der Waals surface area contributed by atoms with Gasteiger partial charge in [-0.05, 0) is 67.3 Å². The van der Waals surface area contributed by atoms with Crippen molar-refractivity contribution in [3.05, 3.63) is 74.7 Å². The Balaban J connectivity index is 1.96. The van der Waals surface area contributed by atoms with Crippen molar-refractivity contribution in [3.8, 4) is 5.75 Å². The number of allylic oxidation sites excluding steroid dienone is 1. The smallest absolute Gasteiger partial charge is 0.337 e. The predicted octanol–water partition coefficient (Wildman–Crippen LogP) is 4.48. The van der Waals surface area contributed by atoms with Crippen LogP contribution in [0.3, 0.4) is 0 Å². The Morgan fingerprint density at radius 1 is 1.17 bits per heavy atom. The standard InChI is InChI=1S/C22H22ClFN2O4/c1-11-7-12(2)16(20-19(21(27)29-4)13(3)25-22(28)26-20)8-14(11)10-30-18-6-5-15(24)9-17(18)23/h5-9,20H,10H2,1-4H3,(H2,25,26,28). The van der Waals surface area contributed by atoms with Gasteiger partial charge in [-0.3, -0.25) is 0 Å². The van der Waals surface area contributed by atoms with Gasteiger partial charge in [0.25, 0.3) is 0 Å². The zero-order valence-corrected chi connectivity index (χ0v) is 17.8. The number of carbonyl (C=O) groups excluding carboxylic acids is 2. The lowest BCUT2D eigenvalue weighted by Crippen LogP contribution is -2.45. The molecule has 0 saturated heterocycles. The molecular formula is C22H22ClFN2O4. The molecule has 1 unspecified atom stereocenters. The van der Waals surface area contributed by atoms with Crippen molar-refractivity contribution in [1.82, 2.24) is 10.6 Å². The van der Waals surface area contributed by atoms with E-state index in [9.17, 15) is 14.0 Å². The second-order valence-electron chi connectivity index (χ2n) is 7.06. The van der Waals surface area contributed by atoms with Crippen molar-refractivity contribution in [3.63, 3.8) is 0 Å². The molecule has 1 heterocycles. The van der Waals surface area contributed by atoms with Gasteiger partial charge in [0.15, 0.2) is 0 Å². The molecule has 0 saturated carbocycles. The van der Waals surface area contributed by atoms with Gasteiger partial charge in [-0.15, -0.1) is 0 Å². The molecule has 3 rings (SSSR count). The van der Waals surface area contributed by atoms with Crippen LogP contribution in [0.4, 0.5) is 9.18 Å². The van der Waals surface area contributed by atoms with E-state index in [4.69, 9.17) is 21.1 Å². The van der Waals surface area contributed by atoms with Gasteiger partial charge in [0.2, 0.25) is 0 Å². The maximum absolute atomic E-state index is 13.3. The maximum atomic E-state index is 13.3. The van der Waals surface area contributed by atoms with Gasteiger partial charge in [0, 0.05) is 5.70 Å². The van der Waals surface area contributed by atoms with E-state index in [-0.39, 0.29) is 11.6 Å². The normalized spacial score (nSPS) is 16.1. The lowest BCUT2D eigenvalue weighted by Gasteiger charge is -2.29. The van der Waals surface area contributed by atoms with Crippen LogP contribution in [-0.2, 0) is 16.1 Å². The SMILES string of the molecule is COC(=O)C1=C(C)NC(=O)NC1c1cc(COc2ccc(F)cc2Cl)c(C)cc1C. The largest absolute Gasteiger partial charge is 0.487 e. The summed E-state index contributed by atoms with van der Waals surface area (Å²) >= 11 is 6.04. The fraction of sp³-hybridized carbons (Fsp3) is 0.273. The summed E-state index contributed by atoms with van der Waals surface area (Å²) in [5.74, 6) is -0.609. The molecule has 2 amide bonds. The summed E-state index contributed by atoms with van der Waals surface area (Å²) in [7, 11) is 1.30. The Morgan fingerprint density at radius 2 is 1.90 bits per heavy atom. The first-order valence-corrected chi connectivity index (χ1v) is 9.63. The first-order valence-electron chi connectivity index (χ1n) is 9.25. The zero-order chi connectivity index (χ0) is 22.0. The number of carbonyl (C=O) groups is 2. The molecular weight excluding hydrogens is 411 g/mol. The second kappa shape index (κ2) is 8.75. The van der Waals surface area contributed by atoms with Crippen molar-refractivity contribution in [2.75, 3.05) is 7.11 Å². The van der Waals surface area contributed by atoms with Crippen LogP contribution in [0.15, 0.2) is 41.6 Å². The van der Waals surface area contributed by atoms with E-state index < -0.39 is 23.9 Å². The highest BCUT2D eigenvalue weighted by Gasteiger charge is 2.33. The number of nitrogens with one attached hydrogen (secondary N) is 2. The Hall–Kier alpha value is -3.06. The van der Waals surface area contributed by atoms with E-state index in [1.54, 1.807) is 6.92 Å². The van der Waals surface area contributed by atoms with E-state index in [0.717, 1.165) is 22.3 Å². The third-order valence-electron chi connectivity index (χ3n) is 4.99. The first kappa shape index (κ1) is 21.6. The van der Waals surface area contributed by atoms with Crippen molar-refractivity contribution in [2.24, 2.45) is 0 Å². The monoisotopic (exact) mass is 432 g/mol. The molecule has 6 nitrogen and oxygen atoms in total. The lowest BCUT2D eigenvalue weighted by molar-refractivity contribution is -0.136. The number of ether oxygens (including phenoxy) is 2. The summed E-state index contributed by atoms with van der Waals surface area (Å²) in [6.07, 6.45) is 0. The molecule has 0 bridgehead atoms. The average molecular weight is 433 g/mol. The van der Waals surface area contributed by atoms with Crippen molar-refractivity contribution in [1.29, 1.82) is 0 Å². The predicted molar refractivity (Wildman–Crippen MR) is 111 cm³/mol. The summed E-state index contributed by atoms with van der Waals surface area (Å²) in [6, 6.07) is 6.70. The van der Waals surface area contributed by atoms with Crippen molar-refractivity contribution in [2.45, 2.75) is 33.4 Å². The molecule has 8 heteroatoms. The molecule has 30 heavy (non-hydrogen) atoms. The molecule has 1 aliphatic rings. The quantitative estimate of drug-likeness (QED) is 0.683. The Kier molecular flexibility index (Phi) is 6.31. The number of esters is 1. The van der Waals surface area contributed by atoms with E-state index in [1.165, 1.54) is 25.3 Å². The number of hydrogen-bond donors (Lipinski definition) is 2. The molecule has 2 aromatic rings. The number of urea groups is 1. The third-order valence-corrected chi connectivity index (χ3v) is 5.28. The number of hydrogen-bond acceptors (Lipinski definition) is 4. The van der Waals surface area contributed by atoms with Crippen LogP contribution < -0.4 is 15.4 Å². The molecule has 1 aliphatic heterocycles. The van der Waals surface area contributed by atoms with E-state index in [2.05, 4.69) is 10.6 Å². The van der Waals surface area contributed by atoms with Crippen LogP contribution in [0.1, 0.15) is 35.2 Å². The molecule has 0 fully saturated rings. The topological polar surface area (TPSA) is 76.7 Å². The molecule has 0 spiro atoms. The Bertz CT molecular complexity index is 1050. The number of aryl methyl sites for hydroxylation is 2. The van der Waals surface area contributed by atoms with Gasteiger partial charge >= 0.3 is 12.0 Å². The Morgan fingerprint density at radius 3 is 2.57 bits per heavy atom. The summed E-state index contributed by atoms with van der Waals surface area (Å²) < 4.78 is 23.9. The number of benzene rings is 2. The van der Waals surface area contributed by atoms with E-state index in [1.807, 2.05) is 26.0 Å². The van der Waals surface area contributed by atoms with Crippen molar-refractivity contribution < 1.29 is 23.5 Å². The van der Waals surface area contributed by atoms with Crippen molar-refractivity contribution >= 4 is 23.6 Å². The fourth-order valence-corrected chi connectivity index (χ4v) is 3.66. The lowest BCUT2D eigenvalue weighted by atomic mass is 9.89. The van der Waals surface area contributed by atoms with Gasteiger partial charge in [-0.1, -0.05) is 17.7 Å². The average Bonchev–Trinajstić information content (AvgIpc) is 2.67. The molecule has 0 aromatic heterocycles. The molecule has 158 valence electrons. The highest BCUT2D eigenvalue weighted by Crippen LogP contribution is 2.32. The second-order valence-corrected chi connectivity index (χ2v) is 7.47.